The number of hydrogen-bond donors (Lipinski definition) is 1. The van der Waals surface area contributed by atoms with Gasteiger partial charge >= 0.3 is 12.1 Å². The van der Waals surface area contributed by atoms with E-state index < -0.39 is 35.1 Å². The van der Waals surface area contributed by atoms with E-state index in [2.05, 4.69) is 5.32 Å². The number of hydrogen-bond acceptors (Lipinski definition) is 5. The number of aryl methyl sites for hydroxylation is 1. The van der Waals surface area contributed by atoms with Crippen molar-refractivity contribution in [3.63, 3.8) is 0 Å². The van der Waals surface area contributed by atoms with Crippen molar-refractivity contribution in [2.24, 2.45) is 0 Å². The summed E-state index contributed by atoms with van der Waals surface area (Å²) in [6, 6.07) is 4.85. The van der Waals surface area contributed by atoms with E-state index in [-0.39, 0.29) is 21.8 Å². The van der Waals surface area contributed by atoms with Crippen molar-refractivity contribution in [2.45, 2.75) is 45.3 Å². The molecule has 1 aromatic carbocycles. The smallest absolute Gasteiger partial charge is 0.412 e. The Morgan fingerprint density at radius 1 is 1.27 bits per heavy atom. The Hall–Kier alpha value is -2.87. The molecule has 1 aliphatic heterocycles. The van der Waals surface area contributed by atoms with E-state index in [0.29, 0.717) is 18.5 Å². The molecule has 0 fully saturated rings. The van der Waals surface area contributed by atoms with Crippen LogP contribution in [0.3, 0.4) is 0 Å². The Labute approximate surface area is 177 Å². The molecule has 0 unspecified atom stereocenters. The summed E-state index contributed by atoms with van der Waals surface area (Å²) in [7, 11) is 1.26. The number of nitrogens with zero attached hydrogens (tertiary/aromatic N) is 1. The fraction of sp³-hybridized carbons (Fsp3) is 0.381. The number of methoxy groups -OCH3 is 1. The van der Waals surface area contributed by atoms with Gasteiger partial charge in [-0.1, -0.05) is 11.6 Å². The van der Waals surface area contributed by atoms with Crippen LogP contribution in [0.4, 0.5) is 14.9 Å². The molecule has 0 saturated carbocycles. The lowest BCUT2D eigenvalue weighted by Crippen LogP contribution is -2.28. The van der Waals surface area contributed by atoms with Crippen molar-refractivity contribution in [2.75, 3.05) is 12.4 Å². The molecule has 0 spiro atoms. The predicted octanol–water partition coefficient (Wildman–Crippen LogP) is 4.32. The van der Waals surface area contributed by atoms with E-state index in [1.807, 2.05) is 0 Å². The van der Waals surface area contributed by atoms with Crippen LogP contribution in [0.5, 0.6) is 0 Å². The summed E-state index contributed by atoms with van der Waals surface area (Å²) >= 11 is 5.96. The highest BCUT2D eigenvalue weighted by Crippen LogP contribution is 2.36. The van der Waals surface area contributed by atoms with E-state index in [1.54, 1.807) is 26.8 Å². The van der Waals surface area contributed by atoms with Crippen LogP contribution in [0.25, 0.3) is 11.1 Å². The zero-order valence-corrected chi connectivity index (χ0v) is 17.8. The lowest BCUT2D eigenvalue weighted by Gasteiger charge is -2.21. The first-order valence-electron chi connectivity index (χ1n) is 9.33. The van der Waals surface area contributed by atoms with Crippen LogP contribution in [0, 0.1) is 5.82 Å². The number of amides is 1. The number of esters is 1. The van der Waals surface area contributed by atoms with Gasteiger partial charge in [0.25, 0.3) is 5.56 Å². The van der Waals surface area contributed by atoms with Gasteiger partial charge in [-0.15, -0.1) is 0 Å². The number of aromatic nitrogens is 1. The molecular weight excluding hydrogens is 415 g/mol. The molecule has 1 N–H and O–H groups in total. The third-order valence-electron chi connectivity index (χ3n) is 4.63. The highest BCUT2D eigenvalue weighted by molar-refractivity contribution is 6.31. The van der Waals surface area contributed by atoms with Gasteiger partial charge in [0.2, 0.25) is 0 Å². The first kappa shape index (κ1) is 21.8. The Morgan fingerprint density at radius 2 is 1.97 bits per heavy atom. The normalized spacial score (nSPS) is 15.5. The number of carbonyl (C=O) groups is 2. The molecule has 0 saturated heterocycles. The first-order chi connectivity index (χ1) is 14.0. The fourth-order valence-corrected chi connectivity index (χ4v) is 3.61. The monoisotopic (exact) mass is 436 g/mol. The third kappa shape index (κ3) is 4.33. The number of benzene rings is 1. The lowest BCUT2D eigenvalue weighted by atomic mass is 10.0. The molecule has 30 heavy (non-hydrogen) atoms. The summed E-state index contributed by atoms with van der Waals surface area (Å²) < 4.78 is 26.3. The SMILES string of the molecule is COC(=O)[C@@H]1CCc2cc(-c3c(NC(=O)OC(C)(C)C)ccc(Cl)c3F)cc(=O)n21. The number of rotatable bonds is 3. The van der Waals surface area contributed by atoms with Crippen LogP contribution >= 0.6 is 11.6 Å². The molecule has 0 bridgehead atoms. The highest BCUT2D eigenvalue weighted by Gasteiger charge is 2.31. The van der Waals surface area contributed by atoms with Crippen molar-refractivity contribution >= 4 is 29.4 Å². The number of pyridine rings is 1. The second-order valence-corrected chi connectivity index (χ2v) is 8.34. The molecule has 1 aliphatic rings. The standard InChI is InChI=1S/C21H22ClFN2O5/c1-21(2,3)30-20(28)24-14-7-6-13(22)18(23)17(14)11-9-12-5-8-15(19(27)29-4)25(12)16(26)10-11/h6-7,9-10,15H,5,8H2,1-4H3,(H,24,28)/t15-/m0/s1. The van der Waals surface area contributed by atoms with Gasteiger partial charge in [0.05, 0.1) is 17.8 Å². The Kier molecular flexibility index (Phi) is 5.90. The topological polar surface area (TPSA) is 86.6 Å². The largest absolute Gasteiger partial charge is 0.467 e. The highest BCUT2D eigenvalue weighted by atomic mass is 35.5. The van der Waals surface area contributed by atoms with Gasteiger partial charge in [-0.05, 0) is 57.4 Å². The first-order valence-corrected chi connectivity index (χ1v) is 9.71. The molecule has 1 atom stereocenters. The van der Waals surface area contributed by atoms with E-state index in [4.69, 9.17) is 21.1 Å². The van der Waals surface area contributed by atoms with Gasteiger partial charge in [-0.3, -0.25) is 14.7 Å². The molecular formula is C21H22ClFN2O5. The van der Waals surface area contributed by atoms with Gasteiger partial charge in [0, 0.05) is 17.3 Å². The van der Waals surface area contributed by atoms with Crippen molar-refractivity contribution in [3.05, 3.63) is 51.2 Å². The number of anilines is 1. The number of halogens is 2. The molecule has 9 heteroatoms. The minimum absolute atomic E-state index is 0.0321. The average Bonchev–Trinajstić information content (AvgIpc) is 3.07. The Morgan fingerprint density at radius 3 is 2.60 bits per heavy atom. The average molecular weight is 437 g/mol. The van der Waals surface area contributed by atoms with Crippen LogP contribution < -0.4 is 10.9 Å². The van der Waals surface area contributed by atoms with Gasteiger partial charge in [-0.2, -0.15) is 0 Å². The van der Waals surface area contributed by atoms with Crippen LogP contribution in [-0.4, -0.2) is 29.3 Å². The van der Waals surface area contributed by atoms with Crippen molar-refractivity contribution in [1.82, 2.24) is 4.57 Å². The van der Waals surface area contributed by atoms with Crippen LogP contribution in [-0.2, 0) is 20.7 Å². The predicted molar refractivity (Wildman–Crippen MR) is 110 cm³/mol. The van der Waals surface area contributed by atoms with Gasteiger partial charge in [0.15, 0.2) is 5.82 Å². The van der Waals surface area contributed by atoms with E-state index in [0.717, 1.165) is 0 Å². The Bertz CT molecular complexity index is 1070. The maximum Gasteiger partial charge on any atom is 0.412 e. The number of carbonyl (C=O) groups excluding carboxylic acids is 2. The molecule has 2 aromatic rings. The molecule has 0 radical (unpaired) electrons. The zero-order chi connectivity index (χ0) is 22.2. The van der Waals surface area contributed by atoms with Crippen molar-refractivity contribution < 1.29 is 23.5 Å². The quantitative estimate of drug-likeness (QED) is 0.724. The summed E-state index contributed by atoms with van der Waals surface area (Å²) in [6.07, 6.45) is 0.0841. The second kappa shape index (κ2) is 8.10. The number of nitrogens with one attached hydrogen (secondary N) is 1. The molecule has 2 heterocycles. The second-order valence-electron chi connectivity index (χ2n) is 7.93. The maximum atomic E-state index is 15.0. The molecule has 3 rings (SSSR count). The van der Waals surface area contributed by atoms with Crippen molar-refractivity contribution in [1.29, 1.82) is 0 Å². The van der Waals surface area contributed by atoms with E-state index in [1.165, 1.54) is 29.9 Å². The maximum absolute atomic E-state index is 15.0. The molecule has 160 valence electrons. The van der Waals surface area contributed by atoms with Crippen LogP contribution in [0.15, 0.2) is 29.1 Å². The van der Waals surface area contributed by atoms with Crippen LogP contribution in [0.2, 0.25) is 5.02 Å². The third-order valence-corrected chi connectivity index (χ3v) is 4.92. The zero-order valence-electron chi connectivity index (χ0n) is 17.0. The fourth-order valence-electron chi connectivity index (χ4n) is 3.45. The molecule has 1 amide bonds. The lowest BCUT2D eigenvalue weighted by molar-refractivity contribution is -0.144. The Balaban J connectivity index is 2.07. The number of fused-ring (bicyclic) bond motifs is 1. The summed E-state index contributed by atoms with van der Waals surface area (Å²) in [5.74, 6) is -1.29. The van der Waals surface area contributed by atoms with E-state index >= 15 is 0 Å². The molecule has 1 aromatic heterocycles. The van der Waals surface area contributed by atoms with Gasteiger partial charge in [-0.25, -0.2) is 14.0 Å². The minimum Gasteiger partial charge on any atom is -0.467 e. The van der Waals surface area contributed by atoms with Gasteiger partial charge in [0.1, 0.15) is 11.6 Å². The number of ether oxygens (including phenoxy) is 2. The molecule has 7 nitrogen and oxygen atoms in total. The summed E-state index contributed by atoms with van der Waals surface area (Å²) in [5, 5.41) is 2.35. The summed E-state index contributed by atoms with van der Waals surface area (Å²) in [6.45, 7) is 5.11. The minimum atomic E-state index is -0.780. The molecule has 0 aliphatic carbocycles. The van der Waals surface area contributed by atoms with Crippen molar-refractivity contribution in [3.8, 4) is 11.1 Å². The summed E-state index contributed by atoms with van der Waals surface area (Å²) in [4.78, 5) is 36.9. The van der Waals surface area contributed by atoms with E-state index in [9.17, 15) is 18.8 Å². The summed E-state index contributed by atoms with van der Waals surface area (Å²) in [5.41, 5.74) is -0.338. The van der Waals surface area contributed by atoms with Gasteiger partial charge < -0.3 is 9.47 Å². The van der Waals surface area contributed by atoms with Crippen LogP contribution in [0.1, 0.15) is 38.9 Å².